The first-order valence-corrected chi connectivity index (χ1v) is 6.85. The highest BCUT2D eigenvalue weighted by atomic mass is 19.1. The van der Waals surface area contributed by atoms with Crippen molar-refractivity contribution in [3.8, 4) is 0 Å². The minimum atomic E-state index is -1.65. The number of rotatable bonds is 4. The summed E-state index contributed by atoms with van der Waals surface area (Å²) in [6.07, 6.45) is 2.04. The van der Waals surface area contributed by atoms with E-state index < -0.39 is 12.9 Å². The van der Waals surface area contributed by atoms with E-state index in [0.29, 0.717) is 6.54 Å². The predicted octanol–water partition coefficient (Wildman–Crippen LogP) is 0.506. The topological polar surface area (TPSA) is 52.9 Å². The number of halogens is 1. The van der Waals surface area contributed by atoms with E-state index in [-0.39, 0.29) is 11.1 Å². The summed E-state index contributed by atoms with van der Waals surface area (Å²) in [5.74, 6) is -0.461. The highest BCUT2D eigenvalue weighted by Gasteiger charge is 2.31. The Bertz CT molecular complexity index is 472. The lowest BCUT2D eigenvalue weighted by Gasteiger charge is -2.39. The monoisotopic (exact) mass is 281 g/mol. The molecule has 0 radical (unpaired) electrons. The van der Waals surface area contributed by atoms with Gasteiger partial charge in [-0.2, -0.15) is 0 Å². The number of ether oxygens (including phenoxy) is 1. The molecule has 0 amide bonds. The van der Waals surface area contributed by atoms with Crippen LogP contribution < -0.4 is 5.46 Å². The van der Waals surface area contributed by atoms with Crippen LogP contribution in [0.5, 0.6) is 0 Å². The van der Waals surface area contributed by atoms with Gasteiger partial charge in [-0.15, -0.1) is 0 Å². The highest BCUT2D eigenvalue weighted by Crippen LogP contribution is 2.24. The number of likely N-dealkylation sites (tertiary alicyclic amines) is 1. The fourth-order valence-electron chi connectivity index (χ4n) is 2.80. The fourth-order valence-corrected chi connectivity index (χ4v) is 2.80. The molecule has 110 valence electrons. The summed E-state index contributed by atoms with van der Waals surface area (Å²) in [6, 6.07) is 4.14. The third kappa shape index (κ3) is 3.58. The molecule has 0 spiro atoms. The van der Waals surface area contributed by atoms with Crippen molar-refractivity contribution in [1.82, 2.24) is 4.90 Å². The van der Waals surface area contributed by atoms with Gasteiger partial charge in [-0.1, -0.05) is 6.07 Å². The van der Waals surface area contributed by atoms with Crippen molar-refractivity contribution in [2.75, 3.05) is 20.2 Å². The van der Waals surface area contributed by atoms with Crippen LogP contribution in [-0.4, -0.2) is 47.9 Å². The van der Waals surface area contributed by atoms with Gasteiger partial charge in [0.25, 0.3) is 0 Å². The van der Waals surface area contributed by atoms with Gasteiger partial charge in [0.2, 0.25) is 0 Å². The number of hydrogen-bond acceptors (Lipinski definition) is 4. The maximum Gasteiger partial charge on any atom is 0.488 e. The number of hydrogen-bond donors (Lipinski definition) is 2. The summed E-state index contributed by atoms with van der Waals surface area (Å²) in [4.78, 5) is 2.20. The van der Waals surface area contributed by atoms with Crippen LogP contribution in [0.2, 0.25) is 0 Å². The summed E-state index contributed by atoms with van der Waals surface area (Å²) in [5.41, 5.74) is 0.799. The Hall–Kier alpha value is -0.945. The van der Waals surface area contributed by atoms with Crippen LogP contribution in [0.25, 0.3) is 0 Å². The smallest absolute Gasteiger partial charge is 0.423 e. The fraction of sp³-hybridized carbons (Fsp3) is 0.571. The standard InChI is InChI=1S/C14H21BFNO3/c1-14(20-2)6-3-7-17(10-14)9-11-4-5-12(16)8-13(11)15(18)19/h4-5,8,18-19H,3,6-7,9-10H2,1-2H3. The van der Waals surface area contributed by atoms with Crippen molar-refractivity contribution in [1.29, 1.82) is 0 Å². The highest BCUT2D eigenvalue weighted by molar-refractivity contribution is 6.59. The molecule has 1 atom stereocenters. The molecule has 20 heavy (non-hydrogen) atoms. The lowest BCUT2D eigenvalue weighted by molar-refractivity contribution is -0.0526. The predicted molar refractivity (Wildman–Crippen MR) is 76.2 cm³/mol. The van der Waals surface area contributed by atoms with Crippen LogP contribution in [0.1, 0.15) is 25.3 Å². The van der Waals surface area contributed by atoms with Gasteiger partial charge in [0, 0.05) is 20.2 Å². The molecule has 0 saturated carbocycles. The largest absolute Gasteiger partial charge is 0.488 e. The van der Waals surface area contributed by atoms with Crippen molar-refractivity contribution in [2.45, 2.75) is 31.9 Å². The van der Waals surface area contributed by atoms with Gasteiger partial charge in [-0.05, 0) is 49.5 Å². The molecule has 1 aromatic rings. The van der Waals surface area contributed by atoms with Crippen LogP contribution in [0.15, 0.2) is 18.2 Å². The molecule has 1 aliphatic rings. The Balaban J connectivity index is 2.14. The number of methoxy groups -OCH3 is 1. The Labute approximate surface area is 119 Å². The number of nitrogens with zero attached hydrogens (tertiary/aromatic N) is 1. The lowest BCUT2D eigenvalue weighted by Crippen LogP contribution is -2.47. The molecular formula is C14H21BFNO3. The van der Waals surface area contributed by atoms with E-state index in [1.54, 1.807) is 13.2 Å². The first-order valence-electron chi connectivity index (χ1n) is 6.85. The van der Waals surface area contributed by atoms with Crippen molar-refractivity contribution in [3.63, 3.8) is 0 Å². The molecule has 6 heteroatoms. The number of piperidine rings is 1. The van der Waals surface area contributed by atoms with Crippen molar-refractivity contribution in [2.24, 2.45) is 0 Å². The molecule has 1 unspecified atom stereocenters. The summed E-state index contributed by atoms with van der Waals surface area (Å²) < 4.78 is 18.8. The van der Waals surface area contributed by atoms with Crippen LogP contribution in [0.3, 0.4) is 0 Å². The average Bonchev–Trinajstić information content (AvgIpc) is 2.41. The first-order chi connectivity index (χ1) is 9.43. The molecule has 1 fully saturated rings. The van der Waals surface area contributed by atoms with Gasteiger partial charge >= 0.3 is 7.12 Å². The summed E-state index contributed by atoms with van der Waals surface area (Å²) in [5, 5.41) is 18.7. The Morgan fingerprint density at radius 2 is 2.20 bits per heavy atom. The molecule has 0 bridgehead atoms. The molecule has 2 rings (SSSR count). The maximum absolute atomic E-state index is 13.2. The quantitative estimate of drug-likeness (QED) is 0.789. The zero-order valence-corrected chi connectivity index (χ0v) is 12.0. The zero-order chi connectivity index (χ0) is 14.8. The van der Waals surface area contributed by atoms with Crippen molar-refractivity contribution >= 4 is 12.6 Å². The molecule has 1 heterocycles. The van der Waals surface area contributed by atoms with E-state index in [2.05, 4.69) is 11.8 Å². The van der Waals surface area contributed by atoms with Crippen LogP contribution >= 0.6 is 0 Å². The molecule has 0 aliphatic carbocycles. The van der Waals surface area contributed by atoms with E-state index in [4.69, 9.17) is 4.74 Å². The summed E-state index contributed by atoms with van der Waals surface area (Å²) >= 11 is 0. The SMILES string of the molecule is COC1(C)CCCN(Cc2ccc(F)cc2B(O)O)C1. The second kappa shape index (κ2) is 6.22. The summed E-state index contributed by atoms with van der Waals surface area (Å²) in [7, 11) is 0.0592. The third-order valence-corrected chi connectivity index (χ3v) is 4.01. The van der Waals surface area contributed by atoms with Gasteiger partial charge in [-0.25, -0.2) is 4.39 Å². The Morgan fingerprint density at radius 1 is 1.45 bits per heavy atom. The van der Waals surface area contributed by atoms with E-state index in [1.807, 2.05) is 0 Å². The van der Waals surface area contributed by atoms with Crippen LogP contribution in [0.4, 0.5) is 4.39 Å². The average molecular weight is 281 g/mol. The van der Waals surface area contributed by atoms with Crippen molar-refractivity contribution in [3.05, 3.63) is 29.6 Å². The first kappa shape index (κ1) is 15.4. The molecule has 1 saturated heterocycles. The van der Waals surface area contributed by atoms with Gasteiger partial charge in [-0.3, -0.25) is 4.90 Å². The van der Waals surface area contributed by atoms with Gasteiger partial charge < -0.3 is 14.8 Å². The molecule has 2 N–H and O–H groups in total. The van der Waals surface area contributed by atoms with Crippen LogP contribution in [0, 0.1) is 5.82 Å². The Kier molecular flexibility index (Phi) is 4.80. The van der Waals surface area contributed by atoms with Gasteiger partial charge in [0.05, 0.1) is 5.60 Å². The van der Waals surface area contributed by atoms with Crippen molar-refractivity contribution < 1.29 is 19.2 Å². The number of benzene rings is 1. The molecular weight excluding hydrogens is 260 g/mol. The van der Waals surface area contributed by atoms with E-state index >= 15 is 0 Å². The third-order valence-electron chi connectivity index (χ3n) is 4.01. The van der Waals surface area contributed by atoms with Gasteiger partial charge in [0.1, 0.15) is 5.82 Å². The molecule has 1 aliphatic heterocycles. The van der Waals surface area contributed by atoms with E-state index in [9.17, 15) is 14.4 Å². The molecule has 0 aromatic heterocycles. The maximum atomic E-state index is 13.2. The van der Waals surface area contributed by atoms with Gasteiger partial charge in [0.15, 0.2) is 0 Å². The minimum absolute atomic E-state index is 0.170. The summed E-state index contributed by atoms with van der Waals surface area (Å²) in [6.45, 7) is 4.34. The molecule has 1 aromatic carbocycles. The second-order valence-corrected chi connectivity index (χ2v) is 5.69. The Morgan fingerprint density at radius 3 is 2.85 bits per heavy atom. The second-order valence-electron chi connectivity index (χ2n) is 5.69. The minimum Gasteiger partial charge on any atom is -0.423 e. The van der Waals surface area contributed by atoms with E-state index in [1.165, 1.54) is 12.1 Å². The van der Waals surface area contributed by atoms with E-state index in [0.717, 1.165) is 31.5 Å². The normalized spacial score (nSPS) is 23.9. The molecule has 4 nitrogen and oxygen atoms in total. The zero-order valence-electron chi connectivity index (χ0n) is 12.0. The lowest BCUT2D eigenvalue weighted by atomic mass is 9.76. The van der Waals surface area contributed by atoms with Crippen LogP contribution in [-0.2, 0) is 11.3 Å².